The lowest BCUT2D eigenvalue weighted by atomic mass is 10.1. The molecule has 0 aliphatic carbocycles. The van der Waals surface area contributed by atoms with Crippen molar-refractivity contribution in [2.24, 2.45) is 0 Å². The summed E-state index contributed by atoms with van der Waals surface area (Å²) in [6.45, 7) is 0.220. The Morgan fingerprint density at radius 3 is 2.59 bits per heavy atom. The molecule has 0 unspecified atom stereocenters. The first kappa shape index (κ1) is 17.6. The van der Waals surface area contributed by atoms with Crippen LogP contribution in [0, 0.1) is 11.3 Å². The Labute approximate surface area is 154 Å². The molecule has 9 heteroatoms. The van der Waals surface area contributed by atoms with Crippen molar-refractivity contribution in [3.63, 3.8) is 0 Å². The molecule has 0 spiro atoms. The lowest BCUT2D eigenvalue weighted by Crippen LogP contribution is -2.28. The first-order valence-corrected chi connectivity index (χ1v) is 7.95. The fraction of sp³-hybridized carbons (Fsp3) is 0.0556. The Morgan fingerprint density at radius 1 is 1.07 bits per heavy atom. The predicted octanol–water partition coefficient (Wildman–Crippen LogP) is 2.25. The van der Waals surface area contributed by atoms with E-state index in [9.17, 15) is 9.59 Å². The number of urea groups is 1. The number of rotatable bonds is 5. The molecule has 4 N–H and O–H groups in total. The van der Waals surface area contributed by atoms with Crippen molar-refractivity contribution >= 4 is 23.3 Å². The van der Waals surface area contributed by atoms with Crippen LogP contribution in [0.5, 0.6) is 0 Å². The van der Waals surface area contributed by atoms with Gasteiger partial charge in [0.25, 0.3) is 5.91 Å². The molecule has 27 heavy (non-hydrogen) atoms. The molecule has 9 nitrogen and oxygen atoms in total. The smallest absolute Gasteiger partial charge is 0.319 e. The number of hydrogen-bond donors (Lipinski definition) is 4. The highest BCUT2D eigenvalue weighted by atomic mass is 16.2. The van der Waals surface area contributed by atoms with Gasteiger partial charge in [0.15, 0.2) is 0 Å². The summed E-state index contributed by atoms with van der Waals surface area (Å²) in [5.74, 6) is -0.350. The molecule has 0 atom stereocenters. The number of carbonyl (C=O) groups is 2. The van der Waals surface area contributed by atoms with Gasteiger partial charge in [-0.2, -0.15) is 20.7 Å². The molecule has 0 fully saturated rings. The van der Waals surface area contributed by atoms with Crippen LogP contribution in [0.4, 0.5) is 16.2 Å². The van der Waals surface area contributed by atoms with Gasteiger partial charge in [0.05, 0.1) is 24.4 Å². The van der Waals surface area contributed by atoms with E-state index in [1.807, 2.05) is 6.07 Å². The van der Waals surface area contributed by atoms with Crippen LogP contribution in [-0.4, -0.2) is 27.3 Å². The zero-order valence-electron chi connectivity index (χ0n) is 14.1. The molecule has 3 rings (SSSR count). The summed E-state index contributed by atoms with van der Waals surface area (Å²) in [5, 5.41) is 26.9. The van der Waals surface area contributed by atoms with Gasteiger partial charge in [0, 0.05) is 16.9 Å². The largest absolute Gasteiger partial charge is 0.332 e. The van der Waals surface area contributed by atoms with Crippen LogP contribution >= 0.6 is 0 Å². The number of nitrogens with one attached hydrogen (secondary N) is 4. The average molecular weight is 361 g/mol. The number of aromatic amines is 1. The lowest BCUT2D eigenvalue weighted by molar-refractivity contribution is 0.102. The van der Waals surface area contributed by atoms with Crippen LogP contribution in [0.2, 0.25) is 0 Å². The molecular formula is C18H15N7O2. The molecule has 134 valence electrons. The third-order valence-electron chi connectivity index (χ3n) is 3.53. The number of nitrogens with zero attached hydrogens (tertiary/aromatic N) is 3. The van der Waals surface area contributed by atoms with Crippen LogP contribution in [-0.2, 0) is 6.54 Å². The number of benzene rings is 2. The van der Waals surface area contributed by atoms with Crippen molar-refractivity contribution < 1.29 is 9.59 Å². The number of anilines is 2. The number of nitriles is 1. The van der Waals surface area contributed by atoms with E-state index in [-0.39, 0.29) is 12.5 Å². The summed E-state index contributed by atoms with van der Waals surface area (Å²) in [5.41, 5.74) is 2.39. The predicted molar refractivity (Wildman–Crippen MR) is 97.8 cm³/mol. The highest BCUT2D eigenvalue weighted by Gasteiger charge is 2.09. The normalized spacial score (nSPS) is 9.89. The number of aromatic nitrogens is 3. The van der Waals surface area contributed by atoms with E-state index in [4.69, 9.17) is 5.26 Å². The molecule has 0 saturated carbocycles. The second-order valence-corrected chi connectivity index (χ2v) is 5.50. The van der Waals surface area contributed by atoms with Crippen LogP contribution in [0.1, 0.15) is 21.6 Å². The van der Waals surface area contributed by atoms with Crippen LogP contribution in [0.3, 0.4) is 0 Å². The summed E-state index contributed by atoms with van der Waals surface area (Å²) in [6, 6.07) is 14.7. The molecule has 3 amide bonds. The highest BCUT2D eigenvalue weighted by Crippen LogP contribution is 2.14. The van der Waals surface area contributed by atoms with Crippen molar-refractivity contribution in [2.45, 2.75) is 6.54 Å². The van der Waals surface area contributed by atoms with Crippen molar-refractivity contribution in [1.29, 1.82) is 5.26 Å². The summed E-state index contributed by atoms with van der Waals surface area (Å²) in [6.07, 6.45) is 1.51. The van der Waals surface area contributed by atoms with Gasteiger partial charge in [-0.05, 0) is 36.4 Å². The number of amides is 3. The van der Waals surface area contributed by atoms with Crippen LogP contribution in [0.25, 0.3) is 0 Å². The minimum Gasteiger partial charge on any atom is -0.332 e. The molecule has 2 aromatic carbocycles. The Bertz CT molecular complexity index is 993. The first-order chi connectivity index (χ1) is 13.1. The Hall–Kier alpha value is -4.19. The standard InChI is InChI=1S/C18H15N7O2/c19-9-12-3-1-5-14(7-12)22-17(26)13-4-2-6-15(8-13)23-18(27)20-10-16-11-21-25-24-16/h1-8,11H,10H2,(H,22,26)(H2,20,23,27)(H,21,24,25). The quantitative estimate of drug-likeness (QED) is 0.553. The third kappa shape index (κ3) is 4.90. The van der Waals surface area contributed by atoms with Gasteiger partial charge in [-0.3, -0.25) is 4.79 Å². The fourth-order valence-corrected chi connectivity index (χ4v) is 2.26. The van der Waals surface area contributed by atoms with E-state index in [1.165, 1.54) is 6.20 Å². The van der Waals surface area contributed by atoms with Gasteiger partial charge in [-0.1, -0.05) is 12.1 Å². The van der Waals surface area contributed by atoms with Crippen LogP contribution < -0.4 is 16.0 Å². The Balaban J connectivity index is 1.61. The molecule has 0 bridgehead atoms. The summed E-state index contributed by atoms with van der Waals surface area (Å²) in [7, 11) is 0. The van der Waals surface area contributed by atoms with Crippen molar-refractivity contribution in [3.05, 3.63) is 71.5 Å². The van der Waals surface area contributed by atoms with Gasteiger partial charge in [0.1, 0.15) is 5.69 Å². The van der Waals surface area contributed by atoms with Crippen molar-refractivity contribution in [1.82, 2.24) is 20.7 Å². The lowest BCUT2D eigenvalue weighted by Gasteiger charge is -2.09. The number of hydrogen-bond acceptors (Lipinski definition) is 5. The molecule has 3 aromatic rings. The summed E-state index contributed by atoms with van der Waals surface area (Å²) < 4.78 is 0. The molecular weight excluding hydrogens is 346 g/mol. The van der Waals surface area contributed by atoms with E-state index in [0.717, 1.165) is 0 Å². The zero-order valence-corrected chi connectivity index (χ0v) is 14.1. The maximum atomic E-state index is 12.4. The number of carbonyl (C=O) groups excluding carboxylic acids is 2. The Kier molecular flexibility index (Phi) is 5.39. The van der Waals surface area contributed by atoms with Crippen LogP contribution in [0.15, 0.2) is 54.7 Å². The maximum absolute atomic E-state index is 12.4. The Morgan fingerprint density at radius 2 is 1.85 bits per heavy atom. The molecule has 1 heterocycles. The first-order valence-electron chi connectivity index (χ1n) is 7.95. The van der Waals surface area contributed by atoms with Crippen molar-refractivity contribution in [2.75, 3.05) is 10.6 Å². The zero-order chi connectivity index (χ0) is 19.1. The number of H-pyrrole nitrogens is 1. The van der Waals surface area contributed by atoms with E-state index >= 15 is 0 Å². The fourth-order valence-electron chi connectivity index (χ4n) is 2.26. The van der Waals surface area contributed by atoms with E-state index in [2.05, 4.69) is 31.4 Å². The molecule has 0 aliphatic heterocycles. The van der Waals surface area contributed by atoms with Crippen molar-refractivity contribution in [3.8, 4) is 6.07 Å². The second-order valence-electron chi connectivity index (χ2n) is 5.50. The minimum atomic E-state index is -0.433. The van der Waals surface area contributed by atoms with E-state index < -0.39 is 6.03 Å². The minimum absolute atomic E-state index is 0.220. The second kappa shape index (κ2) is 8.26. The van der Waals surface area contributed by atoms with E-state index in [0.29, 0.717) is 28.2 Å². The SMILES string of the molecule is N#Cc1cccc(NC(=O)c2cccc(NC(=O)NCc3cn[nH]n3)c2)c1. The highest BCUT2D eigenvalue weighted by molar-refractivity contribution is 6.05. The monoisotopic (exact) mass is 361 g/mol. The van der Waals surface area contributed by atoms with Gasteiger partial charge >= 0.3 is 6.03 Å². The third-order valence-corrected chi connectivity index (χ3v) is 3.53. The molecule has 1 aromatic heterocycles. The van der Waals surface area contributed by atoms with Gasteiger partial charge in [-0.25, -0.2) is 4.79 Å². The van der Waals surface area contributed by atoms with Gasteiger partial charge < -0.3 is 16.0 Å². The average Bonchev–Trinajstić information content (AvgIpc) is 3.20. The molecule has 0 radical (unpaired) electrons. The van der Waals surface area contributed by atoms with Gasteiger partial charge in [0.2, 0.25) is 0 Å². The van der Waals surface area contributed by atoms with E-state index in [1.54, 1.807) is 48.5 Å². The van der Waals surface area contributed by atoms with Gasteiger partial charge in [-0.15, -0.1) is 0 Å². The summed E-state index contributed by atoms with van der Waals surface area (Å²) >= 11 is 0. The molecule has 0 saturated heterocycles. The molecule has 0 aliphatic rings. The summed E-state index contributed by atoms with van der Waals surface area (Å²) in [4.78, 5) is 24.3. The maximum Gasteiger partial charge on any atom is 0.319 e. The topological polar surface area (TPSA) is 136 Å².